The largest absolute Gasteiger partial charge is 0.0905 e. The molecule has 0 aliphatic heterocycles. The van der Waals surface area contributed by atoms with Gasteiger partial charge in [0.25, 0.3) is 0 Å². The second-order valence-corrected chi connectivity index (χ2v) is 7.36. The zero-order valence-corrected chi connectivity index (χ0v) is 15.4. The van der Waals surface area contributed by atoms with E-state index in [1.54, 1.807) is 0 Å². The van der Waals surface area contributed by atoms with E-state index < -0.39 is 0 Å². The monoisotopic (exact) mass is 306 g/mol. The number of hydrogen-bond acceptors (Lipinski definition) is 0. The lowest BCUT2D eigenvalue weighted by molar-refractivity contribution is 0.458. The average Bonchev–Trinajstić information content (AvgIpc) is 2.53. The van der Waals surface area contributed by atoms with E-state index in [-0.39, 0.29) is 5.41 Å². The molecule has 0 heterocycles. The lowest BCUT2D eigenvalue weighted by Gasteiger charge is -2.26. The minimum atomic E-state index is 0.214. The van der Waals surface area contributed by atoms with Crippen molar-refractivity contribution in [1.82, 2.24) is 0 Å². The van der Waals surface area contributed by atoms with E-state index in [1.165, 1.54) is 47.1 Å². The van der Waals surface area contributed by atoms with E-state index in [0.717, 1.165) is 5.57 Å². The zero-order valence-electron chi connectivity index (χ0n) is 15.4. The lowest BCUT2D eigenvalue weighted by atomic mass is 9.78. The summed E-state index contributed by atoms with van der Waals surface area (Å²) in [5.74, 6) is 0. The second-order valence-electron chi connectivity index (χ2n) is 7.36. The smallest absolute Gasteiger partial charge is 0.0103 e. The van der Waals surface area contributed by atoms with Crippen LogP contribution in [-0.4, -0.2) is 0 Å². The third-order valence-corrected chi connectivity index (χ3v) is 4.90. The first-order valence-corrected chi connectivity index (χ1v) is 8.72. The molecule has 2 aromatic rings. The van der Waals surface area contributed by atoms with Crippen molar-refractivity contribution in [3.8, 4) is 0 Å². The standard InChI is InChI=1S/C23H30/c1-7-8-15-23(5,6)21-14-11-18(3)22(16-21)19(4)20-12-9-17(2)10-13-20/h9-14,16H,4,7-8,15H2,1-3,5-6H3. The van der Waals surface area contributed by atoms with E-state index in [1.807, 2.05) is 0 Å². The van der Waals surface area contributed by atoms with Gasteiger partial charge in [0.1, 0.15) is 0 Å². The molecule has 23 heavy (non-hydrogen) atoms. The van der Waals surface area contributed by atoms with E-state index in [0.29, 0.717) is 0 Å². The predicted molar refractivity (Wildman–Crippen MR) is 103 cm³/mol. The Balaban J connectivity index is 2.37. The van der Waals surface area contributed by atoms with Crippen LogP contribution in [0.5, 0.6) is 0 Å². The summed E-state index contributed by atoms with van der Waals surface area (Å²) in [5.41, 5.74) is 7.82. The second kappa shape index (κ2) is 7.17. The molecule has 0 heteroatoms. The van der Waals surface area contributed by atoms with Gasteiger partial charge in [-0.15, -0.1) is 0 Å². The Bertz CT molecular complexity index is 672. The fourth-order valence-corrected chi connectivity index (χ4v) is 3.04. The summed E-state index contributed by atoms with van der Waals surface area (Å²) in [7, 11) is 0. The summed E-state index contributed by atoms with van der Waals surface area (Å²) < 4.78 is 0. The molecule has 0 aliphatic rings. The molecule has 2 aromatic carbocycles. The molecule has 0 nitrogen and oxygen atoms in total. The molecule has 0 fully saturated rings. The zero-order chi connectivity index (χ0) is 17.0. The summed E-state index contributed by atoms with van der Waals surface area (Å²) >= 11 is 0. The molecular formula is C23H30. The number of aryl methyl sites for hydroxylation is 2. The van der Waals surface area contributed by atoms with Gasteiger partial charge in [-0.1, -0.05) is 88.2 Å². The highest BCUT2D eigenvalue weighted by molar-refractivity contribution is 5.80. The third-order valence-electron chi connectivity index (χ3n) is 4.90. The summed E-state index contributed by atoms with van der Waals surface area (Å²) in [4.78, 5) is 0. The third kappa shape index (κ3) is 4.13. The molecule has 0 unspecified atom stereocenters. The Hall–Kier alpha value is -1.82. The van der Waals surface area contributed by atoms with Crippen LogP contribution in [0.25, 0.3) is 5.57 Å². The number of unbranched alkanes of at least 4 members (excludes halogenated alkanes) is 1. The molecule has 0 aromatic heterocycles. The van der Waals surface area contributed by atoms with Gasteiger partial charge in [0.2, 0.25) is 0 Å². The molecule has 0 atom stereocenters. The molecule has 0 N–H and O–H groups in total. The number of rotatable bonds is 6. The summed E-state index contributed by atoms with van der Waals surface area (Å²) in [6.07, 6.45) is 3.75. The maximum absolute atomic E-state index is 4.37. The van der Waals surface area contributed by atoms with Crippen molar-refractivity contribution < 1.29 is 0 Å². The first kappa shape index (κ1) is 17.5. The van der Waals surface area contributed by atoms with Crippen LogP contribution in [0.3, 0.4) is 0 Å². The van der Waals surface area contributed by atoms with Gasteiger partial charge in [-0.25, -0.2) is 0 Å². The molecule has 0 radical (unpaired) electrons. The van der Waals surface area contributed by atoms with Gasteiger partial charge >= 0.3 is 0 Å². The van der Waals surface area contributed by atoms with Gasteiger partial charge in [-0.3, -0.25) is 0 Å². The van der Waals surface area contributed by atoms with E-state index in [9.17, 15) is 0 Å². The predicted octanol–water partition coefficient (Wildman–Crippen LogP) is 6.83. The fraction of sp³-hybridized carbons (Fsp3) is 0.391. The average molecular weight is 306 g/mol. The highest BCUT2D eigenvalue weighted by Crippen LogP contribution is 2.33. The van der Waals surface area contributed by atoms with Crippen LogP contribution >= 0.6 is 0 Å². The Morgan fingerprint density at radius 1 is 1.00 bits per heavy atom. The molecule has 0 aliphatic carbocycles. The van der Waals surface area contributed by atoms with Crippen LogP contribution in [0.1, 0.15) is 67.9 Å². The van der Waals surface area contributed by atoms with Crippen molar-refractivity contribution in [2.75, 3.05) is 0 Å². The van der Waals surface area contributed by atoms with Crippen LogP contribution in [0, 0.1) is 13.8 Å². The van der Waals surface area contributed by atoms with Crippen LogP contribution in [0.4, 0.5) is 0 Å². The molecule has 0 spiro atoms. The Kier molecular flexibility index (Phi) is 5.46. The maximum atomic E-state index is 4.37. The van der Waals surface area contributed by atoms with Crippen molar-refractivity contribution in [3.05, 3.63) is 76.9 Å². The lowest BCUT2D eigenvalue weighted by Crippen LogP contribution is -2.17. The first-order chi connectivity index (χ1) is 10.8. The quantitative estimate of drug-likeness (QED) is 0.548. The van der Waals surface area contributed by atoms with Crippen molar-refractivity contribution in [2.45, 2.75) is 59.3 Å². The van der Waals surface area contributed by atoms with Crippen molar-refractivity contribution in [2.24, 2.45) is 0 Å². The highest BCUT2D eigenvalue weighted by atomic mass is 14.3. The van der Waals surface area contributed by atoms with Crippen LogP contribution in [0.15, 0.2) is 49.0 Å². The normalized spacial score (nSPS) is 11.5. The van der Waals surface area contributed by atoms with Gasteiger partial charge in [0, 0.05) is 0 Å². The van der Waals surface area contributed by atoms with E-state index in [4.69, 9.17) is 0 Å². The molecule has 0 bridgehead atoms. The number of benzene rings is 2. The van der Waals surface area contributed by atoms with Gasteiger partial charge in [0.05, 0.1) is 0 Å². The molecule has 0 saturated carbocycles. The van der Waals surface area contributed by atoms with Crippen molar-refractivity contribution in [1.29, 1.82) is 0 Å². The van der Waals surface area contributed by atoms with Crippen LogP contribution in [0.2, 0.25) is 0 Å². The van der Waals surface area contributed by atoms with Crippen molar-refractivity contribution >= 4 is 5.57 Å². The molecule has 122 valence electrons. The number of hydrogen-bond donors (Lipinski definition) is 0. The fourth-order valence-electron chi connectivity index (χ4n) is 3.04. The van der Waals surface area contributed by atoms with Crippen LogP contribution < -0.4 is 0 Å². The first-order valence-electron chi connectivity index (χ1n) is 8.72. The van der Waals surface area contributed by atoms with Gasteiger partial charge in [-0.2, -0.15) is 0 Å². The Labute approximate surface area is 142 Å². The van der Waals surface area contributed by atoms with E-state index >= 15 is 0 Å². The van der Waals surface area contributed by atoms with Crippen LogP contribution in [-0.2, 0) is 5.41 Å². The highest BCUT2D eigenvalue weighted by Gasteiger charge is 2.21. The summed E-state index contributed by atoms with van der Waals surface area (Å²) in [6, 6.07) is 15.6. The molecule has 2 rings (SSSR count). The van der Waals surface area contributed by atoms with Gasteiger partial charge in [-0.05, 0) is 53.5 Å². The van der Waals surface area contributed by atoms with Gasteiger partial charge < -0.3 is 0 Å². The molecule has 0 saturated heterocycles. The maximum Gasteiger partial charge on any atom is -0.0103 e. The Morgan fingerprint density at radius 3 is 2.26 bits per heavy atom. The van der Waals surface area contributed by atoms with E-state index in [2.05, 4.69) is 83.7 Å². The molecule has 0 amide bonds. The summed E-state index contributed by atoms with van der Waals surface area (Å²) in [6.45, 7) is 15.6. The topological polar surface area (TPSA) is 0 Å². The van der Waals surface area contributed by atoms with Crippen molar-refractivity contribution in [3.63, 3.8) is 0 Å². The SMILES string of the molecule is C=C(c1ccc(C)cc1)c1cc(C(C)(C)CCCC)ccc1C. The summed E-state index contributed by atoms with van der Waals surface area (Å²) in [5, 5.41) is 0. The minimum Gasteiger partial charge on any atom is -0.0905 e. The van der Waals surface area contributed by atoms with Gasteiger partial charge in [0.15, 0.2) is 0 Å². The Morgan fingerprint density at radius 2 is 1.65 bits per heavy atom. The minimum absolute atomic E-state index is 0.214. The molecular weight excluding hydrogens is 276 g/mol.